The topological polar surface area (TPSA) is 50.8 Å². The van der Waals surface area contributed by atoms with E-state index in [0.717, 1.165) is 63.7 Å². The summed E-state index contributed by atoms with van der Waals surface area (Å²) in [7, 11) is 0. The second-order valence-corrected chi connectivity index (χ2v) is 8.68. The lowest BCUT2D eigenvalue weighted by Gasteiger charge is -2.48. The van der Waals surface area contributed by atoms with Crippen LogP contribution in [0.25, 0.3) is 0 Å². The molecule has 0 aromatic heterocycles. The molecule has 1 aliphatic carbocycles. The van der Waals surface area contributed by atoms with Crippen LogP contribution >= 0.6 is 0 Å². The maximum absolute atomic E-state index is 12.9. The summed E-state index contributed by atoms with van der Waals surface area (Å²) in [5, 5.41) is 3.01. The molecule has 2 heterocycles. The fourth-order valence-corrected chi connectivity index (χ4v) is 5.05. The number of nitrogens with zero attached hydrogens (tertiary/aromatic N) is 1. The minimum absolute atomic E-state index is 0.0594. The molecule has 1 saturated carbocycles. The molecule has 166 valence electrons. The van der Waals surface area contributed by atoms with E-state index in [1.165, 1.54) is 6.07 Å². The molecule has 1 amide bonds. The highest BCUT2D eigenvalue weighted by Crippen LogP contribution is 2.43. The molecule has 30 heavy (non-hydrogen) atoms. The molecule has 0 radical (unpaired) electrons. The van der Waals surface area contributed by atoms with Crippen LogP contribution in [0.4, 0.5) is 13.2 Å². The van der Waals surface area contributed by atoms with Crippen molar-refractivity contribution in [2.45, 2.75) is 62.4 Å². The van der Waals surface area contributed by atoms with Crippen molar-refractivity contribution in [1.82, 2.24) is 10.2 Å². The summed E-state index contributed by atoms with van der Waals surface area (Å²) in [4.78, 5) is 15.0. The first kappa shape index (κ1) is 21.6. The lowest BCUT2D eigenvalue weighted by molar-refractivity contribution is -0.193. The number of alkyl halides is 3. The smallest absolute Gasteiger partial charge is 0.354 e. The zero-order chi connectivity index (χ0) is 21.2. The summed E-state index contributed by atoms with van der Waals surface area (Å²) in [6.07, 6.45) is 1.18. The van der Waals surface area contributed by atoms with Crippen LogP contribution in [-0.2, 0) is 26.9 Å². The van der Waals surface area contributed by atoms with E-state index in [1.807, 2.05) is 0 Å². The second-order valence-electron chi connectivity index (χ2n) is 8.68. The maximum Gasteiger partial charge on any atom is 0.416 e. The normalized spacial score (nSPS) is 23.7. The van der Waals surface area contributed by atoms with Crippen molar-refractivity contribution in [2.24, 2.45) is 0 Å². The van der Waals surface area contributed by atoms with Gasteiger partial charge in [-0.1, -0.05) is 18.2 Å². The zero-order valence-electron chi connectivity index (χ0n) is 17.1. The van der Waals surface area contributed by atoms with Gasteiger partial charge in [0.1, 0.15) is 0 Å². The first-order chi connectivity index (χ1) is 14.3. The average Bonchev–Trinajstić information content (AvgIpc) is 3.41. The Labute approximate surface area is 174 Å². The summed E-state index contributed by atoms with van der Waals surface area (Å²) < 4.78 is 50.5. The summed E-state index contributed by atoms with van der Waals surface area (Å²) in [5.41, 5.74) is -0.496. The van der Waals surface area contributed by atoms with Crippen LogP contribution < -0.4 is 5.32 Å². The third kappa shape index (κ3) is 4.65. The van der Waals surface area contributed by atoms with Gasteiger partial charge in [-0.15, -0.1) is 0 Å². The van der Waals surface area contributed by atoms with Crippen LogP contribution in [0, 0.1) is 0 Å². The van der Waals surface area contributed by atoms with Gasteiger partial charge < -0.3 is 14.8 Å². The van der Waals surface area contributed by atoms with Crippen LogP contribution in [0.3, 0.4) is 0 Å². The van der Waals surface area contributed by atoms with Crippen LogP contribution in [0.5, 0.6) is 0 Å². The van der Waals surface area contributed by atoms with E-state index < -0.39 is 17.5 Å². The molecule has 2 saturated heterocycles. The summed E-state index contributed by atoms with van der Waals surface area (Å²) >= 11 is 0. The molecule has 5 nitrogen and oxygen atoms in total. The number of carbonyl (C=O) groups excluding carboxylic acids is 1. The Hall–Kier alpha value is -1.64. The third-order valence-corrected chi connectivity index (χ3v) is 6.77. The number of amides is 1. The van der Waals surface area contributed by atoms with Gasteiger partial charge in [0.2, 0.25) is 5.91 Å². The average molecular weight is 426 g/mol. The number of hydrogen-bond acceptors (Lipinski definition) is 4. The van der Waals surface area contributed by atoms with Gasteiger partial charge in [0, 0.05) is 24.9 Å². The van der Waals surface area contributed by atoms with Gasteiger partial charge in [-0.2, -0.15) is 13.2 Å². The molecule has 0 bridgehead atoms. The molecular weight excluding hydrogens is 397 g/mol. The van der Waals surface area contributed by atoms with E-state index in [2.05, 4.69) is 10.2 Å². The van der Waals surface area contributed by atoms with Crippen molar-refractivity contribution in [3.05, 3.63) is 35.4 Å². The molecule has 0 atom stereocenters. The van der Waals surface area contributed by atoms with Gasteiger partial charge in [-0.25, -0.2) is 0 Å². The molecule has 0 unspecified atom stereocenters. The largest absolute Gasteiger partial charge is 0.416 e. The number of likely N-dealkylation sites (tertiary alicyclic amines) is 1. The predicted molar refractivity (Wildman–Crippen MR) is 105 cm³/mol. The van der Waals surface area contributed by atoms with Crippen LogP contribution in [-0.4, -0.2) is 55.0 Å². The fraction of sp³-hybridized carbons (Fsp3) is 0.682. The SMILES string of the molecule is O=C(Cc1cccc(C(F)(F)F)c1)NCC1(N2CCCC2)CCC2(CC1)OCCO2. The highest BCUT2D eigenvalue weighted by Gasteiger charge is 2.49. The monoisotopic (exact) mass is 426 g/mol. The number of nitrogens with one attached hydrogen (secondary N) is 1. The Morgan fingerprint density at radius 1 is 1.07 bits per heavy atom. The molecule has 3 fully saturated rings. The summed E-state index contributed by atoms with van der Waals surface area (Å²) in [6.45, 7) is 3.78. The highest BCUT2D eigenvalue weighted by molar-refractivity contribution is 5.78. The predicted octanol–water partition coefficient (Wildman–Crippen LogP) is 3.52. The molecule has 2 aliphatic heterocycles. The van der Waals surface area contributed by atoms with E-state index in [9.17, 15) is 18.0 Å². The molecular formula is C22H29F3N2O3. The van der Waals surface area contributed by atoms with Crippen molar-refractivity contribution < 1.29 is 27.4 Å². The van der Waals surface area contributed by atoms with E-state index in [0.29, 0.717) is 25.3 Å². The molecule has 8 heteroatoms. The molecule has 1 N–H and O–H groups in total. The maximum atomic E-state index is 12.9. The van der Waals surface area contributed by atoms with Crippen molar-refractivity contribution in [1.29, 1.82) is 0 Å². The number of hydrogen-bond donors (Lipinski definition) is 1. The quantitative estimate of drug-likeness (QED) is 0.783. The van der Waals surface area contributed by atoms with Crippen molar-refractivity contribution in [2.75, 3.05) is 32.8 Å². The minimum Gasteiger partial charge on any atom is -0.354 e. The Bertz CT molecular complexity index is 746. The molecule has 4 rings (SSSR count). The Morgan fingerprint density at radius 2 is 1.73 bits per heavy atom. The van der Waals surface area contributed by atoms with Gasteiger partial charge in [0.15, 0.2) is 5.79 Å². The fourth-order valence-electron chi connectivity index (χ4n) is 5.05. The standard InChI is InChI=1S/C22H29F3N2O3/c23-22(24,25)18-5-3-4-17(14-18)15-19(28)26-16-20(27-10-1-2-11-27)6-8-21(9-7-20)29-12-13-30-21/h3-5,14H,1-2,6-13,15-16H2,(H,26,28). The van der Waals surface area contributed by atoms with E-state index >= 15 is 0 Å². The minimum atomic E-state index is -4.41. The number of benzene rings is 1. The molecule has 1 aromatic carbocycles. The van der Waals surface area contributed by atoms with E-state index in [1.54, 1.807) is 6.07 Å². The first-order valence-electron chi connectivity index (χ1n) is 10.8. The van der Waals surface area contributed by atoms with Gasteiger partial charge in [0.05, 0.1) is 25.2 Å². The number of ether oxygens (including phenoxy) is 2. The lowest BCUT2D eigenvalue weighted by atomic mass is 9.77. The lowest BCUT2D eigenvalue weighted by Crippen LogP contribution is -2.59. The Kier molecular flexibility index (Phi) is 6.10. The van der Waals surface area contributed by atoms with Crippen molar-refractivity contribution >= 4 is 5.91 Å². The Balaban J connectivity index is 1.39. The second kappa shape index (κ2) is 8.48. The van der Waals surface area contributed by atoms with Crippen molar-refractivity contribution in [3.63, 3.8) is 0 Å². The van der Waals surface area contributed by atoms with Gasteiger partial charge >= 0.3 is 6.18 Å². The van der Waals surface area contributed by atoms with Gasteiger partial charge in [0.25, 0.3) is 0 Å². The summed E-state index contributed by atoms with van der Waals surface area (Å²) in [6, 6.07) is 4.98. The van der Waals surface area contributed by atoms with E-state index in [-0.39, 0.29) is 17.9 Å². The van der Waals surface area contributed by atoms with Gasteiger partial charge in [-0.3, -0.25) is 9.69 Å². The van der Waals surface area contributed by atoms with Gasteiger partial charge in [-0.05, 0) is 50.4 Å². The Morgan fingerprint density at radius 3 is 2.37 bits per heavy atom. The van der Waals surface area contributed by atoms with Crippen LogP contribution in [0.15, 0.2) is 24.3 Å². The van der Waals surface area contributed by atoms with Crippen molar-refractivity contribution in [3.8, 4) is 0 Å². The first-order valence-corrected chi connectivity index (χ1v) is 10.8. The molecule has 1 aromatic rings. The van der Waals surface area contributed by atoms with Crippen LogP contribution in [0.1, 0.15) is 49.7 Å². The molecule has 1 spiro atoms. The molecule has 3 aliphatic rings. The van der Waals surface area contributed by atoms with Crippen LogP contribution in [0.2, 0.25) is 0 Å². The number of rotatable bonds is 5. The van der Waals surface area contributed by atoms with E-state index in [4.69, 9.17) is 9.47 Å². The third-order valence-electron chi connectivity index (χ3n) is 6.77. The zero-order valence-corrected chi connectivity index (χ0v) is 17.1. The number of halogens is 3. The highest BCUT2D eigenvalue weighted by atomic mass is 19.4. The number of carbonyl (C=O) groups is 1. The summed E-state index contributed by atoms with van der Waals surface area (Å²) in [5.74, 6) is -0.716.